The number of aromatic nitrogens is 1. The lowest BCUT2D eigenvalue weighted by molar-refractivity contribution is -0.118. The van der Waals surface area contributed by atoms with Gasteiger partial charge in [0.15, 0.2) is 11.5 Å². The third kappa shape index (κ3) is 4.32. The molecule has 0 bridgehead atoms. The summed E-state index contributed by atoms with van der Waals surface area (Å²) in [5, 5.41) is 4.18. The van der Waals surface area contributed by atoms with Crippen molar-refractivity contribution in [2.75, 3.05) is 12.5 Å². The van der Waals surface area contributed by atoms with Gasteiger partial charge in [0.2, 0.25) is 12.7 Å². The van der Waals surface area contributed by atoms with Gasteiger partial charge in [-0.05, 0) is 41.8 Å². The number of thioether (sulfide) groups is 1. The predicted molar refractivity (Wildman–Crippen MR) is 127 cm³/mol. The minimum atomic E-state index is 0.00315. The third-order valence-corrected chi connectivity index (χ3v) is 6.68. The van der Waals surface area contributed by atoms with E-state index in [-0.39, 0.29) is 12.7 Å². The van der Waals surface area contributed by atoms with E-state index in [0.29, 0.717) is 12.3 Å². The van der Waals surface area contributed by atoms with E-state index >= 15 is 0 Å². The number of nitrogens with one attached hydrogen (secondary N) is 1. The Bertz CT molecular complexity index is 1280. The lowest BCUT2D eigenvalue weighted by Gasteiger charge is -2.08. The number of ether oxygens (including phenoxy) is 2. The van der Waals surface area contributed by atoms with Crippen molar-refractivity contribution in [2.24, 2.45) is 0 Å². The minimum absolute atomic E-state index is 0.00315. The number of fused-ring (bicyclic) bond motifs is 2. The molecule has 0 radical (unpaired) electrons. The van der Waals surface area contributed by atoms with Crippen LogP contribution in [0.1, 0.15) is 16.7 Å². The van der Waals surface area contributed by atoms with Crippen LogP contribution in [0.4, 0.5) is 0 Å². The molecule has 3 aromatic carbocycles. The van der Waals surface area contributed by atoms with E-state index < -0.39 is 0 Å². The summed E-state index contributed by atoms with van der Waals surface area (Å²) in [7, 11) is 0. The zero-order chi connectivity index (χ0) is 21.9. The Morgan fingerprint density at radius 1 is 1.03 bits per heavy atom. The first kappa shape index (κ1) is 20.5. The van der Waals surface area contributed by atoms with Gasteiger partial charge in [0.25, 0.3) is 0 Å². The first-order valence-corrected chi connectivity index (χ1v) is 11.6. The number of carbonyl (C=O) groups excluding carboxylic acids is 1. The minimum Gasteiger partial charge on any atom is -0.454 e. The molecule has 4 aromatic rings. The van der Waals surface area contributed by atoms with E-state index in [9.17, 15) is 4.79 Å². The van der Waals surface area contributed by atoms with Gasteiger partial charge >= 0.3 is 0 Å². The molecule has 0 saturated heterocycles. The maximum absolute atomic E-state index is 12.5. The lowest BCUT2D eigenvalue weighted by Crippen LogP contribution is -2.24. The number of rotatable bonds is 7. The molecule has 162 valence electrons. The van der Waals surface area contributed by atoms with Crippen molar-refractivity contribution in [1.82, 2.24) is 9.88 Å². The Balaban J connectivity index is 1.25. The van der Waals surface area contributed by atoms with Crippen LogP contribution in [0.2, 0.25) is 0 Å². The Kier molecular flexibility index (Phi) is 5.77. The molecule has 1 aliphatic rings. The molecular weight excluding hydrogens is 420 g/mol. The maximum Gasteiger partial charge on any atom is 0.231 e. The summed E-state index contributed by atoms with van der Waals surface area (Å²) in [5.74, 6) is 1.84. The van der Waals surface area contributed by atoms with Gasteiger partial charge < -0.3 is 19.4 Å². The van der Waals surface area contributed by atoms with Crippen molar-refractivity contribution >= 4 is 28.6 Å². The normalized spacial score (nSPS) is 12.3. The first-order chi connectivity index (χ1) is 15.7. The molecule has 0 saturated carbocycles. The average Bonchev–Trinajstić information content (AvgIpc) is 3.42. The van der Waals surface area contributed by atoms with Crippen LogP contribution in [0.5, 0.6) is 11.5 Å². The molecule has 0 aliphatic carbocycles. The second-order valence-electron chi connectivity index (χ2n) is 7.82. The van der Waals surface area contributed by atoms with E-state index in [2.05, 4.69) is 65.5 Å². The van der Waals surface area contributed by atoms with Gasteiger partial charge in [-0.2, -0.15) is 0 Å². The van der Waals surface area contributed by atoms with Gasteiger partial charge in [0, 0.05) is 35.1 Å². The molecule has 1 aliphatic heterocycles. The molecule has 1 amide bonds. The molecule has 2 heterocycles. The number of benzene rings is 3. The molecule has 6 heteroatoms. The second-order valence-corrected chi connectivity index (χ2v) is 8.84. The summed E-state index contributed by atoms with van der Waals surface area (Å²) in [4.78, 5) is 13.6. The highest BCUT2D eigenvalue weighted by molar-refractivity contribution is 8.00. The van der Waals surface area contributed by atoms with Crippen LogP contribution in [0.25, 0.3) is 10.9 Å². The molecule has 1 N–H and O–H groups in total. The summed E-state index contributed by atoms with van der Waals surface area (Å²) in [5.41, 5.74) is 4.75. The van der Waals surface area contributed by atoms with Gasteiger partial charge in [0.1, 0.15) is 0 Å². The van der Waals surface area contributed by atoms with Crippen LogP contribution < -0.4 is 14.8 Å². The Morgan fingerprint density at radius 3 is 2.75 bits per heavy atom. The van der Waals surface area contributed by atoms with E-state index in [4.69, 9.17) is 9.47 Å². The summed E-state index contributed by atoms with van der Waals surface area (Å²) in [6, 6.07) is 22.5. The van der Waals surface area contributed by atoms with Crippen molar-refractivity contribution in [1.29, 1.82) is 0 Å². The number of hydrogen-bond donors (Lipinski definition) is 1. The average molecular weight is 445 g/mol. The fraction of sp³-hybridized carbons (Fsp3) is 0.192. The first-order valence-electron chi connectivity index (χ1n) is 10.6. The SMILES string of the molecule is Cc1ccccc1Cn1cc(SCC(=O)NCc2ccc3c(c2)OCO3)c2ccccc21. The van der Waals surface area contributed by atoms with Crippen molar-refractivity contribution in [2.45, 2.75) is 24.9 Å². The molecule has 1 aromatic heterocycles. The summed E-state index contributed by atoms with van der Waals surface area (Å²) >= 11 is 1.57. The van der Waals surface area contributed by atoms with Gasteiger partial charge in [-0.3, -0.25) is 4.79 Å². The molecule has 0 fully saturated rings. The van der Waals surface area contributed by atoms with Crippen molar-refractivity contribution < 1.29 is 14.3 Å². The van der Waals surface area contributed by atoms with Crippen LogP contribution in [-0.2, 0) is 17.9 Å². The summed E-state index contributed by atoms with van der Waals surface area (Å²) in [6.45, 7) is 3.66. The van der Waals surface area contributed by atoms with E-state index in [1.807, 2.05) is 24.3 Å². The summed E-state index contributed by atoms with van der Waals surface area (Å²) in [6.07, 6.45) is 2.16. The van der Waals surface area contributed by atoms with Crippen LogP contribution in [0, 0.1) is 6.92 Å². The van der Waals surface area contributed by atoms with Gasteiger partial charge in [-0.25, -0.2) is 0 Å². The highest BCUT2D eigenvalue weighted by atomic mass is 32.2. The van der Waals surface area contributed by atoms with Gasteiger partial charge in [-0.1, -0.05) is 48.5 Å². The Labute approximate surface area is 191 Å². The molecule has 32 heavy (non-hydrogen) atoms. The van der Waals surface area contributed by atoms with E-state index in [1.165, 1.54) is 22.0 Å². The highest BCUT2D eigenvalue weighted by Gasteiger charge is 2.14. The number of para-hydroxylation sites is 1. The monoisotopic (exact) mass is 444 g/mol. The lowest BCUT2D eigenvalue weighted by atomic mass is 10.1. The second kappa shape index (κ2) is 9.01. The number of amides is 1. The van der Waals surface area contributed by atoms with Crippen LogP contribution in [0.3, 0.4) is 0 Å². The predicted octanol–water partition coefficient (Wildman–Crippen LogP) is 5.14. The fourth-order valence-electron chi connectivity index (χ4n) is 3.88. The Hall–Kier alpha value is -3.38. The van der Waals surface area contributed by atoms with Crippen LogP contribution in [-0.4, -0.2) is 23.0 Å². The van der Waals surface area contributed by atoms with Gasteiger partial charge in [-0.15, -0.1) is 11.8 Å². The third-order valence-electron chi connectivity index (χ3n) is 5.64. The Morgan fingerprint density at radius 2 is 1.84 bits per heavy atom. The van der Waals surface area contributed by atoms with Crippen LogP contribution >= 0.6 is 11.8 Å². The number of aryl methyl sites for hydroxylation is 1. The molecule has 0 unspecified atom stereocenters. The van der Waals surface area contributed by atoms with Gasteiger partial charge in [0.05, 0.1) is 5.75 Å². The standard InChI is InChI=1S/C26H24N2O3S/c1-18-6-2-3-7-20(18)14-28-15-25(21-8-4-5-9-22(21)28)32-16-26(29)27-13-19-10-11-23-24(12-19)31-17-30-23/h2-12,15H,13-14,16-17H2,1H3,(H,27,29). The van der Waals surface area contributed by atoms with Crippen molar-refractivity contribution in [3.8, 4) is 11.5 Å². The number of nitrogens with zero attached hydrogens (tertiary/aromatic N) is 1. The number of hydrogen-bond acceptors (Lipinski definition) is 4. The zero-order valence-electron chi connectivity index (χ0n) is 17.8. The molecule has 5 nitrogen and oxygen atoms in total. The largest absolute Gasteiger partial charge is 0.454 e. The molecular formula is C26H24N2O3S. The van der Waals surface area contributed by atoms with Crippen molar-refractivity contribution in [3.05, 3.63) is 89.6 Å². The summed E-state index contributed by atoms with van der Waals surface area (Å²) < 4.78 is 13.0. The van der Waals surface area contributed by atoms with Crippen molar-refractivity contribution in [3.63, 3.8) is 0 Å². The van der Waals surface area contributed by atoms with E-state index in [1.54, 1.807) is 11.8 Å². The zero-order valence-corrected chi connectivity index (χ0v) is 18.7. The topological polar surface area (TPSA) is 52.5 Å². The molecule has 5 rings (SSSR count). The quantitative estimate of drug-likeness (QED) is 0.401. The van der Waals surface area contributed by atoms with Crippen LogP contribution in [0.15, 0.2) is 77.8 Å². The molecule has 0 atom stereocenters. The molecule has 0 spiro atoms. The fourth-order valence-corrected chi connectivity index (χ4v) is 4.79. The van der Waals surface area contributed by atoms with E-state index in [0.717, 1.165) is 28.5 Å². The highest BCUT2D eigenvalue weighted by Crippen LogP contribution is 2.33. The number of carbonyl (C=O) groups is 1. The smallest absolute Gasteiger partial charge is 0.231 e. The maximum atomic E-state index is 12.5.